The third kappa shape index (κ3) is 17.6. The van der Waals surface area contributed by atoms with Crippen molar-refractivity contribution >= 4 is 157 Å². The summed E-state index contributed by atoms with van der Waals surface area (Å²) in [6, 6.07) is 0. The van der Waals surface area contributed by atoms with Crippen LogP contribution in [0.3, 0.4) is 0 Å². The Morgan fingerprint density at radius 3 is 1.00 bits per heavy atom. The van der Waals surface area contributed by atoms with Gasteiger partial charge >= 0.3 is 83.2 Å². The molecule has 0 rings (SSSR count). The molecule has 5 heavy (non-hydrogen) atoms. The van der Waals surface area contributed by atoms with Crippen LogP contribution in [0.5, 0.6) is 0 Å². The maximum absolute atomic E-state index is 0. The van der Waals surface area contributed by atoms with Crippen molar-refractivity contribution in [2.45, 2.75) is 0 Å². The Bertz CT molecular complexity index is 18.5. The second kappa shape index (κ2) is 23.1. The minimum absolute atomic E-state index is 0. The summed E-state index contributed by atoms with van der Waals surface area (Å²) in [6.07, 6.45) is 0. The molecule has 2 radical (unpaired) electrons. The number of hydrogen-bond acceptors (Lipinski definition) is 0. The Labute approximate surface area is 158 Å². The van der Waals surface area contributed by atoms with Crippen LogP contribution < -0.4 is 0 Å². The normalized spacial score (nSPS) is 0. The summed E-state index contributed by atoms with van der Waals surface area (Å²) in [5.74, 6) is 0. The first-order valence-corrected chi connectivity index (χ1v) is 0. The fraction of sp³-hybridized carbons (Fsp3) is 0. The molecule has 0 unspecified atom stereocenters. The third-order valence-electron chi connectivity index (χ3n) is 0. The van der Waals surface area contributed by atoms with Crippen molar-refractivity contribution in [3.05, 3.63) is 0 Å². The molecule has 0 bridgehead atoms. The molecule has 0 N–H and O–H groups in total. The smallest absolute Gasteiger partial charge is 1.00 e. The van der Waals surface area contributed by atoms with Gasteiger partial charge in [0.1, 0.15) is 0 Å². The number of hydrogen-bond donors (Lipinski definition) is 0. The molecule has 0 saturated carbocycles. The van der Waals surface area contributed by atoms with Crippen molar-refractivity contribution < 1.29 is 5.71 Å². The van der Waals surface area contributed by atoms with Crippen LogP contribution in [0, 0.1) is 0 Å². The van der Waals surface area contributed by atoms with Crippen molar-refractivity contribution in [3.8, 4) is 0 Å². The summed E-state index contributed by atoms with van der Waals surface area (Å²) in [7, 11) is 0. The van der Waals surface area contributed by atoms with Gasteiger partial charge in [0.15, 0.2) is 0 Å². The van der Waals surface area contributed by atoms with E-state index >= 15 is 0 Å². The van der Waals surface area contributed by atoms with E-state index in [-0.39, 0.29) is 163 Å². The number of halogens is 2. The Morgan fingerprint density at radius 1 is 1.00 bits per heavy atom. The first-order chi connectivity index (χ1) is 0. The summed E-state index contributed by atoms with van der Waals surface area (Å²) < 4.78 is 0. The zero-order chi connectivity index (χ0) is 0. The van der Waals surface area contributed by atoms with Gasteiger partial charge in [-0.15, -0.1) is 24.8 Å². The van der Waals surface area contributed by atoms with Crippen molar-refractivity contribution in [3.63, 3.8) is 0 Å². The van der Waals surface area contributed by atoms with Crippen LogP contribution in [0.2, 0.25) is 0 Å². The Balaban J connectivity index is 0. The van der Waals surface area contributed by atoms with E-state index < -0.39 is 0 Å². The quantitative estimate of drug-likeness (QED) is 0.550. The predicted octanol–water partition coefficient (Wildman–Crippen LogP) is 0.151. The first-order valence-electron chi connectivity index (χ1n) is 0. The van der Waals surface area contributed by atoms with Crippen LogP contribution in [0.25, 0.3) is 0 Å². The van der Waals surface area contributed by atoms with Crippen LogP contribution in [0.15, 0.2) is 0 Å². The SMILES string of the molecule is Cl.Cl.[Ba].[Ca+2].[H-].[H-].[H-].[H-].[Sr+2]. The zero-order valence-corrected chi connectivity index (χ0v) is 14.7. The van der Waals surface area contributed by atoms with Gasteiger partial charge in [0.2, 0.25) is 0 Å². The second-order valence-corrected chi connectivity index (χ2v) is 0. The van der Waals surface area contributed by atoms with Gasteiger partial charge in [-0.3, -0.25) is 0 Å². The molecule has 0 fully saturated rings. The molecule has 5 heteroatoms. The van der Waals surface area contributed by atoms with Crippen LogP contribution in [0.4, 0.5) is 0 Å². The molecule has 26 valence electrons. The minimum atomic E-state index is 0. The maximum Gasteiger partial charge on any atom is 2.00 e. The zero-order valence-electron chi connectivity index (χ0n) is 6.94. The number of rotatable bonds is 0. The van der Waals surface area contributed by atoms with Gasteiger partial charge in [-0.25, -0.2) is 0 Å². The average molecular weight is 342 g/mol. The predicted molar refractivity (Wildman–Crippen MR) is 36.2 cm³/mol. The molecular weight excluding hydrogens is 336 g/mol. The topological polar surface area (TPSA) is 0 Å². The largest absolute Gasteiger partial charge is 2.00 e. The van der Waals surface area contributed by atoms with Gasteiger partial charge in [-0.05, 0) is 0 Å². The van der Waals surface area contributed by atoms with Crippen LogP contribution >= 0.6 is 24.8 Å². The minimum Gasteiger partial charge on any atom is -1.00 e. The third-order valence-corrected chi connectivity index (χ3v) is 0. The van der Waals surface area contributed by atoms with Crippen molar-refractivity contribution in [1.82, 2.24) is 0 Å². The van der Waals surface area contributed by atoms with Gasteiger partial charge in [0, 0.05) is 48.9 Å². The van der Waals surface area contributed by atoms with Crippen molar-refractivity contribution in [1.29, 1.82) is 0 Å². The molecule has 0 spiro atoms. The van der Waals surface area contributed by atoms with Crippen molar-refractivity contribution in [2.75, 3.05) is 0 Å². The van der Waals surface area contributed by atoms with Gasteiger partial charge < -0.3 is 5.71 Å². The summed E-state index contributed by atoms with van der Waals surface area (Å²) >= 11 is 0. The van der Waals surface area contributed by atoms with E-state index in [1.807, 2.05) is 0 Å². The summed E-state index contributed by atoms with van der Waals surface area (Å²) in [5, 5.41) is 0. The van der Waals surface area contributed by atoms with E-state index in [1.165, 1.54) is 0 Å². The van der Waals surface area contributed by atoms with E-state index in [0.29, 0.717) is 0 Å². The molecular formula is H6BaCaCl2Sr. The van der Waals surface area contributed by atoms with Gasteiger partial charge in [0.05, 0.1) is 0 Å². The van der Waals surface area contributed by atoms with E-state index in [1.54, 1.807) is 0 Å². The molecule has 0 aliphatic heterocycles. The molecule has 0 aromatic carbocycles. The van der Waals surface area contributed by atoms with Crippen molar-refractivity contribution in [2.24, 2.45) is 0 Å². The molecule has 0 aromatic rings. The molecule has 0 amide bonds. The molecule has 0 aliphatic rings. The summed E-state index contributed by atoms with van der Waals surface area (Å²) in [6.45, 7) is 0. The van der Waals surface area contributed by atoms with Gasteiger partial charge in [-0.1, -0.05) is 0 Å². The fourth-order valence-corrected chi connectivity index (χ4v) is 0. The van der Waals surface area contributed by atoms with E-state index in [9.17, 15) is 0 Å². The maximum atomic E-state index is 0. The first kappa shape index (κ1) is 32.7. The summed E-state index contributed by atoms with van der Waals surface area (Å²) in [4.78, 5) is 0. The summed E-state index contributed by atoms with van der Waals surface area (Å²) in [5.41, 5.74) is 0. The Kier molecular flexibility index (Phi) is 151. The second-order valence-electron chi connectivity index (χ2n) is 0. The molecule has 0 atom stereocenters. The van der Waals surface area contributed by atoms with E-state index in [0.717, 1.165) is 0 Å². The molecule has 0 aliphatic carbocycles. The Hall–Kier alpha value is 4.89. The van der Waals surface area contributed by atoms with E-state index in [4.69, 9.17) is 0 Å². The fourth-order valence-electron chi connectivity index (χ4n) is 0. The van der Waals surface area contributed by atoms with Gasteiger partial charge in [-0.2, -0.15) is 0 Å². The molecule has 0 heterocycles. The molecule has 0 nitrogen and oxygen atoms in total. The van der Waals surface area contributed by atoms with Crippen LogP contribution in [0.1, 0.15) is 5.71 Å². The average Bonchev–Trinajstić information content (AvgIpc) is 0. The van der Waals surface area contributed by atoms with Crippen LogP contribution in [-0.2, 0) is 0 Å². The molecule has 0 aromatic heterocycles. The standard InChI is InChI=1S/Ba.Ca.2ClH.Sr.4H/h;;2*1H;;;;;/q;+2;;;+2;4*-1. The molecule has 0 saturated heterocycles. The monoisotopic (exact) mass is 342 g/mol. The van der Waals surface area contributed by atoms with E-state index in [2.05, 4.69) is 0 Å². The Morgan fingerprint density at radius 2 is 1.00 bits per heavy atom. The van der Waals surface area contributed by atoms with Crippen LogP contribution in [-0.4, -0.2) is 132 Å². The van der Waals surface area contributed by atoms with Gasteiger partial charge in [0.25, 0.3) is 0 Å².